The number of benzene rings is 1. The summed E-state index contributed by atoms with van der Waals surface area (Å²) in [5.41, 5.74) is 0.890. The molecule has 0 radical (unpaired) electrons. The van der Waals surface area contributed by atoms with Crippen molar-refractivity contribution >= 4 is 5.97 Å². The van der Waals surface area contributed by atoms with Gasteiger partial charge in [0.15, 0.2) is 0 Å². The second-order valence-corrected chi connectivity index (χ2v) is 4.02. The first kappa shape index (κ1) is 11.9. The molecule has 4 heteroatoms. The number of esters is 1. The van der Waals surface area contributed by atoms with Gasteiger partial charge in [0.25, 0.3) is 0 Å². The van der Waals surface area contributed by atoms with Crippen molar-refractivity contribution in [3.63, 3.8) is 0 Å². The van der Waals surface area contributed by atoms with Crippen LogP contribution in [0.25, 0.3) is 0 Å². The molecule has 1 fully saturated rings. The van der Waals surface area contributed by atoms with Crippen molar-refractivity contribution < 1.29 is 19.0 Å². The van der Waals surface area contributed by atoms with Crippen LogP contribution in [0.4, 0.5) is 0 Å². The monoisotopic (exact) mass is 236 g/mol. The fourth-order valence-electron chi connectivity index (χ4n) is 1.37. The highest BCUT2D eigenvalue weighted by atomic mass is 16.6. The Morgan fingerprint density at radius 1 is 1.53 bits per heavy atom. The van der Waals surface area contributed by atoms with E-state index in [1.165, 1.54) is 0 Å². The summed E-state index contributed by atoms with van der Waals surface area (Å²) < 4.78 is 15.8. The molecule has 2 rings (SSSR count). The van der Waals surface area contributed by atoms with Crippen LogP contribution in [-0.4, -0.2) is 25.3 Å². The molecular formula is C13H16O4. The zero-order chi connectivity index (χ0) is 12.3. The molecule has 0 bridgehead atoms. The number of carbonyl (C=O) groups is 1. The SMILES string of the molecule is CCC(=O)Oc1ccc(OCC2CO2)cc1C. The third kappa shape index (κ3) is 3.46. The molecule has 1 aromatic carbocycles. The van der Waals surface area contributed by atoms with E-state index in [4.69, 9.17) is 14.2 Å². The summed E-state index contributed by atoms with van der Waals surface area (Å²) in [5.74, 6) is 1.13. The minimum Gasteiger partial charge on any atom is -0.491 e. The molecule has 0 saturated carbocycles. The van der Waals surface area contributed by atoms with Crippen LogP contribution in [0.15, 0.2) is 18.2 Å². The lowest BCUT2D eigenvalue weighted by atomic mass is 10.2. The molecule has 4 nitrogen and oxygen atoms in total. The van der Waals surface area contributed by atoms with Gasteiger partial charge in [-0.15, -0.1) is 0 Å². The van der Waals surface area contributed by atoms with Gasteiger partial charge < -0.3 is 14.2 Å². The van der Waals surface area contributed by atoms with Crippen LogP contribution in [0.1, 0.15) is 18.9 Å². The second-order valence-electron chi connectivity index (χ2n) is 4.02. The Morgan fingerprint density at radius 2 is 2.29 bits per heavy atom. The van der Waals surface area contributed by atoms with Gasteiger partial charge in [0.2, 0.25) is 0 Å². The molecule has 1 aliphatic heterocycles. The van der Waals surface area contributed by atoms with Crippen molar-refractivity contribution in [3.05, 3.63) is 23.8 Å². The molecular weight excluding hydrogens is 220 g/mol. The molecule has 92 valence electrons. The van der Waals surface area contributed by atoms with Gasteiger partial charge >= 0.3 is 5.97 Å². The summed E-state index contributed by atoms with van der Waals surface area (Å²) in [5, 5.41) is 0. The van der Waals surface area contributed by atoms with E-state index in [0.717, 1.165) is 17.9 Å². The maximum atomic E-state index is 11.2. The van der Waals surface area contributed by atoms with E-state index in [1.807, 2.05) is 13.0 Å². The van der Waals surface area contributed by atoms with Gasteiger partial charge in [0.1, 0.15) is 24.2 Å². The molecule has 1 atom stereocenters. The van der Waals surface area contributed by atoms with Gasteiger partial charge in [0.05, 0.1) is 6.61 Å². The minimum atomic E-state index is -0.229. The number of hydrogen-bond donors (Lipinski definition) is 0. The zero-order valence-electron chi connectivity index (χ0n) is 10.1. The summed E-state index contributed by atoms with van der Waals surface area (Å²) in [6, 6.07) is 5.42. The average molecular weight is 236 g/mol. The predicted octanol–water partition coefficient (Wildman–Crippen LogP) is 2.09. The zero-order valence-corrected chi connectivity index (χ0v) is 10.1. The van der Waals surface area contributed by atoms with Crippen LogP contribution < -0.4 is 9.47 Å². The van der Waals surface area contributed by atoms with Crippen LogP contribution in [0, 0.1) is 6.92 Å². The van der Waals surface area contributed by atoms with Gasteiger partial charge in [-0.3, -0.25) is 4.79 Å². The van der Waals surface area contributed by atoms with Crippen molar-refractivity contribution in [3.8, 4) is 11.5 Å². The van der Waals surface area contributed by atoms with E-state index in [-0.39, 0.29) is 12.1 Å². The first-order valence-electron chi connectivity index (χ1n) is 5.74. The highest BCUT2D eigenvalue weighted by Gasteiger charge is 2.23. The molecule has 0 N–H and O–H groups in total. The average Bonchev–Trinajstić information content (AvgIpc) is 3.13. The van der Waals surface area contributed by atoms with Gasteiger partial charge in [-0.25, -0.2) is 0 Å². The molecule has 0 aliphatic carbocycles. The third-order valence-corrected chi connectivity index (χ3v) is 2.50. The van der Waals surface area contributed by atoms with Crippen molar-refractivity contribution in [1.29, 1.82) is 0 Å². The Bertz CT molecular complexity index is 410. The summed E-state index contributed by atoms with van der Waals surface area (Å²) >= 11 is 0. The summed E-state index contributed by atoms with van der Waals surface area (Å²) in [4.78, 5) is 11.2. The number of rotatable bonds is 5. The van der Waals surface area contributed by atoms with Crippen LogP contribution >= 0.6 is 0 Å². The molecule has 1 aliphatic rings. The molecule has 17 heavy (non-hydrogen) atoms. The van der Waals surface area contributed by atoms with E-state index < -0.39 is 0 Å². The van der Waals surface area contributed by atoms with E-state index in [9.17, 15) is 4.79 Å². The molecule has 1 aromatic rings. The van der Waals surface area contributed by atoms with Crippen LogP contribution in [0.3, 0.4) is 0 Å². The van der Waals surface area contributed by atoms with Crippen LogP contribution in [0.2, 0.25) is 0 Å². The standard InChI is InChI=1S/C13H16O4/c1-3-13(14)17-12-5-4-10(6-9(12)2)15-7-11-8-16-11/h4-6,11H,3,7-8H2,1-2H3. The molecule has 1 heterocycles. The summed E-state index contributed by atoms with van der Waals surface area (Å²) in [6.45, 7) is 5.02. The smallest absolute Gasteiger partial charge is 0.310 e. The number of hydrogen-bond acceptors (Lipinski definition) is 4. The normalized spacial score (nSPS) is 17.6. The van der Waals surface area contributed by atoms with E-state index in [0.29, 0.717) is 18.8 Å². The fourth-order valence-corrected chi connectivity index (χ4v) is 1.37. The number of aryl methyl sites for hydroxylation is 1. The maximum absolute atomic E-state index is 11.2. The molecule has 1 unspecified atom stereocenters. The quantitative estimate of drug-likeness (QED) is 0.446. The van der Waals surface area contributed by atoms with Crippen LogP contribution in [-0.2, 0) is 9.53 Å². The van der Waals surface area contributed by atoms with E-state index in [2.05, 4.69) is 0 Å². The van der Waals surface area contributed by atoms with Gasteiger partial charge in [-0.1, -0.05) is 6.92 Å². The Balaban J connectivity index is 1.97. The number of ether oxygens (including phenoxy) is 3. The van der Waals surface area contributed by atoms with E-state index in [1.54, 1.807) is 19.1 Å². The van der Waals surface area contributed by atoms with Crippen LogP contribution in [0.5, 0.6) is 11.5 Å². The molecule has 0 amide bonds. The molecule has 1 saturated heterocycles. The lowest BCUT2D eigenvalue weighted by molar-refractivity contribution is -0.134. The van der Waals surface area contributed by atoms with E-state index >= 15 is 0 Å². The largest absolute Gasteiger partial charge is 0.491 e. The lowest BCUT2D eigenvalue weighted by Crippen LogP contribution is -2.07. The van der Waals surface area contributed by atoms with Crippen molar-refractivity contribution in [1.82, 2.24) is 0 Å². The predicted molar refractivity (Wildman–Crippen MR) is 62.3 cm³/mol. The van der Waals surface area contributed by atoms with Gasteiger partial charge in [-0.05, 0) is 30.7 Å². The van der Waals surface area contributed by atoms with Crippen molar-refractivity contribution in [2.75, 3.05) is 13.2 Å². The first-order chi connectivity index (χ1) is 8.19. The third-order valence-electron chi connectivity index (χ3n) is 2.50. The highest BCUT2D eigenvalue weighted by molar-refractivity contribution is 5.72. The fraction of sp³-hybridized carbons (Fsp3) is 0.462. The topological polar surface area (TPSA) is 48.1 Å². The summed E-state index contributed by atoms with van der Waals surface area (Å²) in [6.07, 6.45) is 0.615. The number of epoxide rings is 1. The minimum absolute atomic E-state index is 0.229. The highest BCUT2D eigenvalue weighted by Crippen LogP contribution is 2.24. The Hall–Kier alpha value is -1.55. The Labute approximate surface area is 100 Å². The second kappa shape index (κ2) is 5.19. The van der Waals surface area contributed by atoms with Crippen molar-refractivity contribution in [2.24, 2.45) is 0 Å². The number of carbonyl (C=O) groups excluding carboxylic acids is 1. The summed E-state index contributed by atoms with van der Waals surface area (Å²) in [7, 11) is 0. The maximum Gasteiger partial charge on any atom is 0.310 e. The van der Waals surface area contributed by atoms with Crippen molar-refractivity contribution in [2.45, 2.75) is 26.4 Å². The Kier molecular flexibility index (Phi) is 3.64. The van der Waals surface area contributed by atoms with Gasteiger partial charge in [-0.2, -0.15) is 0 Å². The lowest BCUT2D eigenvalue weighted by Gasteiger charge is -2.09. The Morgan fingerprint density at radius 3 is 2.88 bits per heavy atom. The van der Waals surface area contributed by atoms with Gasteiger partial charge in [0, 0.05) is 6.42 Å². The molecule has 0 spiro atoms. The first-order valence-corrected chi connectivity index (χ1v) is 5.74. The molecule has 0 aromatic heterocycles.